The lowest BCUT2D eigenvalue weighted by Gasteiger charge is -2.20. The molecule has 0 spiro atoms. The van der Waals surface area contributed by atoms with Gasteiger partial charge in [-0.15, -0.1) is 0 Å². The van der Waals surface area contributed by atoms with E-state index in [1.54, 1.807) is 24.3 Å². The largest absolute Gasteiger partial charge is 0.347 e. The van der Waals surface area contributed by atoms with Crippen molar-refractivity contribution in [1.29, 1.82) is 0 Å². The van der Waals surface area contributed by atoms with E-state index in [4.69, 9.17) is 0 Å². The summed E-state index contributed by atoms with van der Waals surface area (Å²) in [5, 5.41) is 10.4. The van der Waals surface area contributed by atoms with Gasteiger partial charge in [-0.25, -0.2) is 0 Å². The van der Waals surface area contributed by atoms with Gasteiger partial charge in [-0.2, -0.15) is 5.10 Å². The number of amides is 2. The topological polar surface area (TPSA) is 76.0 Å². The number of carbonyl (C=O) groups is 2. The number of aryl methyl sites for hydroxylation is 1. The van der Waals surface area contributed by atoms with Gasteiger partial charge in [0.1, 0.15) is 0 Å². The van der Waals surface area contributed by atoms with Gasteiger partial charge in [0.2, 0.25) is 5.91 Å². The van der Waals surface area contributed by atoms with E-state index in [2.05, 4.69) is 29.6 Å². The van der Waals surface area contributed by atoms with E-state index in [1.807, 2.05) is 39.3 Å². The Kier molecular flexibility index (Phi) is 6.65. The molecule has 2 amide bonds. The van der Waals surface area contributed by atoms with E-state index in [1.165, 1.54) is 0 Å². The molecule has 0 aliphatic heterocycles. The Balaban J connectivity index is 2.02. The highest BCUT2D eigenvalue weighted by atomic mass is 16.2. The van der Waals surface area contributed by atoms with Gasteiger partial charge in [0, 0.05) is 34.6 Å². The summed E-state index contributed by atoms with van der Waals surface area (Å²) in [6.07, 6.45) is 0.280. The van der Waals surface area contributed by atoms with Crippen molar-refractivity contribution in [3.63, 3.8) is 0 Å². The summed E-state index contributed by atoms with van der Waals surface area (Å²) in [5.74, 6) is 0.269. The smallest absolute Gasteiger partial charge is 0.251 e. The van der Waals surface area contributed by atoms with E-state index in [9.17, 15) is 9.59 Å². The molecule has 152 valence electrons. The van der Waals surface area contributed by atoms with Crippen LogP contribution in [0.1, 0.15) is 61.9 Å². The van der Waals surface area contributed by atoms with Gasteiger partial charge < -0.3 is 10.6 Å². The van der Waals surface area contributed by atoms with Crippen LogP contribution >= 0.6 is 0 Å². The van der Waals surface area contributed by atoms with Crippen LogP contribution in [0.3, 0.4) is 0 Å². The van der Waals surface area contributed by atoms with Crippen molar-refractivity contribution >= 4 is 17.5 Å². The average molecular weight is 385 g/mol. The van der Waals surface area contributed by atoms with Crippen molar-refractivity contribution in [3.8, 4) is 0 Å². The van der Waals surface area contributed by atoms with Gasteiger partial charge in [-0.05, 0) is 64.8 Å². The second-order valence-electron chi connectivity index (χ2n) is 8.73. The molecule has 0 atom stereocenters. The average Bonchev–Trinajstić information content (AvgIpc) is 2.80. The predicted molar refractivity (Wildman–Crippen MR) is 113 cm³/mol. The van der Waals surface area contributed by atoms with E-state index in [-0.39, 0.29) is 23.8 Å². The maximum atomic E-state index is 12.5. The molecule has 0 radical (unpaired) electrons. The Morgan fingerprint density at radius 3 is 2.25 bits per heavy atom. The number of carbonyl (C=O) groups excluding carboxylic acids is 2. The van der Waals surface area contributed by atoms with Gasteiger partial charge in [0.05, 0.1) is 12.1 Å². The third-order valence-electron chi connectivity index (χ3n) is 4.33. The summed E-state index contributed by atoms with van der Waals surface area (Å²) in [5.41, 5.74) is 3.84. The molecule has 1 aromatic heterocycles. The third kappa shape index (κ3) is 5.94. The minimum Gasteiger partial charge on any atom is -0.347 e. The molecule has 2 rings (SSSR count). The van der Waals surface area contributed by atoms with Crippen molar-refractivity contribution in [2.75, 3.05) is 5.32 Å². The molecule has 0 fully saturated rings. The first kappa shape index (κ1) is 21.7. The highest BCUT2D eigenvalue weighted by Gasteiger charge is 2.17. The summed E-state index contributed by atoms with van der Waals surface area (Å²) in [4.78, 5) is 24.7. The Morgan fingerprint density at radius 2 is 1.71 bits per heavy atom. The van der Waals surface area contributed by atoms with Gasteiger partial charge in [-0.1, -0.05) is 13.8 Å². The summed E-state index contributed by atoms with van der Waals surface area (Å²) >= 11 is 0. The summed E-state index contributed by atoms with van der Waals surface area (Å²) in [6.45, 7) is 14.9. The zero-order valence-corrected chi connectivity index (χ0v) is 18.0. The fraction of sp³-hybridized carbons (Fsp3) is 0.500. The van der Waals surface area contributed by atoms with Gasteiger partial charge in [0.15, 0.2) is 0 Å². The SMILES string of the molecule is Cc1nn(CC(C)C)c(C)c1CC(=O)Nc1ccc(C(=O)NC(C)(C)C)cc1. The second kappa shape index (κ2) is 8.59. The summed E-state index contributed by atoms with van der Waals surface area (Å²) in [6, 6.07) is 6.93. The molecule has 0 aliphatic carbocycles. The second-order valence-corrected chi connectivity index (χ2v) is 8.73. The number of nitrogens with one attached hydrogen (secondary N) is 2. The lowest BCUT2D eigenvalue weighted by Crippen LogP contribution is -2.40. The van der Waals surface area contributed by atoms with Crippen LogP contribution in [-0.2, 0) is 17.8 Å². The summed E-state index contributed by atoms with van der Waals surface area (Å²) < 4.78 is 1.98. The molecule has 28 heavy (non-hydrogen) atoms. The van der Waals surface area contributed by atoms with Crippen LogP contribution in [0, 0.1) is 19.8 Å². The third-order valence-corrected chi connectivity index (χ3v) is 4.33. The standard InChI is InChI=1S/C22H32N4O2/c1-14(2)13-26-16(4)19(15(3)25-26)12-20(27)23-18-10-8-17(9-11-18)21(28)24-22(5,6)7/h8-11,14H,12-13H2,1-7H3,(H,23,27)(H,24,28). The van der Waals surface area contributed by atoms with Crippen LogP contribution in [0.2, 0.25) is 0 Å². The molecule has 0 unspecified atom stereocenters. The Morgan fingerprint density at radius 1 is 1.11 bits per heavy atom. The molecule has 0 bridgehead atoms. The molecule has 6 nitrogen and oxygen atoms in total. The molecular weight excluding hydrogens is 352 g/mol. The van der Waals surface area contributed by atoms with Crippen molar-refractivity contribution in [2.45, 2.75) is 67.0 Å². The number of hydrogen-bond acceptors (Lipinski definition) is 3. The number of benzene rings is 1. The fourth-order valence-electron chi connectivity index (χ4n) is 3.00. The molecule has 0 saturated carbocycles. The highest BCUT2D eigenvalue weighted by molar-refractivity contribution is 5.96. The lowest BCUT2D eigenvalue weighted by molar-refractivity contribution is -0.115. The van der Waals surface area contributed by atoms with E-state index in [0.717, 1.165) is 23.5 Å². The highest BCUT2D eigenvalue weighted by Crippen LogP contribution is 2.17. The summed E-state index contributed by atoms with van der Waals surface area (Å²) in [7, 11) is 0. The first-order chi connectivity index (χ1) is 13.0. The van der Waals surface area contributed by atoms with E-state index >= 15 is 0 Å². The first-order valence-electron chi connectivity index (χ1n) is 9.71. The zero-order valence-electron chi connectivity index (χ0n) is 18.0. The van der Waals surface area contributed by atoms with Crippen molar-refractivity contribution in [1.82, 2.24) is 15.1 Å². The van der Waals surface area contributed by atoms with Gasteiger partial charge >= 0.3 is 0 Å². The number of nitrogens with zero attached hydrogens (tertiary/aromatic N) is 2. The normalized spacial score (nSPS) is 11.6. The molecule has 6 heteroatoms. The van der Waals surface area contributed by atoms with Crippen molar-refractivity contribution in [3.05, 3.63) is 46.8 Å². The predicted octanol–water partition coefficient (Wildman–Crippen LogP) is 3.87. The lowest BCUT2D eigenvalue weighted by atomic mass is 10.1. The number of anilines is 1. The molecule has 1 aromatic carbocycles. The van der Waals surface area contributed by atoms with Crippen molar-refractivity contribution in [2.24, 2.45) is 5.92 Å². The van der Waals surface area contributed by atoms with Crippen LogP contribution in [0.25, 0.3) is 0 Å². The molecule has 0 saturated heterocycles. The molecular formula is C22H32N4O2. The number of rotatable bonds is 6. The quantitative estimate of drug-likeness (QED) is 0.794. The number of hydrogen-bond donors (Lipinski definition) is 2. The monoisotopic (exact) mass is 384 g/mol. The minimum absolute atomic E-state index is 0.0952. The van der Waals surface area contributed by atoms with Crippen LogP contribution in [-0.4, -0.2) is 27.1 Å². The van der Waals surface area contributed by atoms with Crippen molar-refractivity contribution < 1.29 is 9.59 Å². The maximum Gasteiger partial charge on any atom is 0.251 e. The minimum atomic E-state index is -0.292. The first-order valence-corrected chi connectivity index (χ1v) is 9.71. The molecule has 2 N–H and O–H groups in total. The van der Waals surface area contributed by atoms with Crippen LogP contribution < -0.4 is 10.6 Å². The molecule has 1 heterocycles. The number of aromatic nitrogens is 2. The zero-order chi connectivity index (χ0) is 21.1. The Labute approximate surface area is 167 Å². The van der Waals surface area contributed by atoms with E-state index < -0.39 is 0 Å². The fourth-order valence-corrected chi connectivity index (χ4v) is 3.00. The molecule has 0 aliphatic rings. The van der Waals surface area contributed by atoms with Gasteiger partial charge in [0.25, 0.3) is 5.91 Å². The van der Waals surface area contributed by atoms with Gasteiger partial charge in [-0.3, -0.25) is 14.3 Å². The molecule has 2 aromatic rings. The Bertz CT molecular complexity index is 843. The Hall–Kier alpha value is -2.63. The van der Waals surface area contributed by atoms with Crippen LogP contribution in [0.15, 0.2) is 24.3 Å². The van der Waals surface area contributed by atoms with Crippen LogP contribution in [0.5, 0.6) is 0 Å². The van der Waals surface area contributed by atoms with Crippen LogP contribution in [0.4, 0.5) is 5.69 Å². The maximum absolute atomic E-state index is 12.5. The van der Waals surface area contributed by atoms with E-state index in [0.29, 0.717) is 17.2 Å².